The molecule has 2 aromatic rings. The predicted molar refractivity (Wildman–Crippen MR) is 97.9 cm³/mol. The number of nitrogens with one attached hydrogen (secondary N) is 2. The minimum absolute atomic E-state index is 0.0565. The van der Waals surface area contributed by atoms with Gasteiger partial charge in [0, 0.05) is 18.8 Å². The van der Waals surface area contributed by atoms with E-state index in [1.807, 2.05) is 17.9 Å². The molecule has 1 saturated carbocycles. The van der Waals surface area contributed by atoms with E-state index in [1.54, 1.807) is 10.9 Å². The van der Waals surface area contributed by atoms with E-state index in [2.05, 4.69) is 15.5 Å². The third-order valence-corrected chi connectivity index (χ3v) is 6.35. The molecular weight excluding hydrogens is 338 g/mol. The van der Waals surface area contributed by atoms with Gasteiger partial charge in [0.1, 0.15) is 5.82 Å². The SMILES string of the molecule is Cn1cc([C@@H]2SCC(=O)Nc3c2c(=O)[nH]n3C2CCCCCC2)cn1. The van der Waals surface area contributed by atoms with Crippen LogP contribution in [0.25, 0.3) is 0 Å². The highest BCUT2D eigenvalue weighted by molar-refractivity contribution is 8.00. The van der Waals surface area contributed by atoms with Gasteiger partial charge in [-0.05, 0) is 12.8 Å². The highest BCUT2D eigenvalue weighted by Gasteiger charge is 2.32. The van der Waals surface area contributed by atoms with E-state index < -0.39 is 0 Å². The molecule has 0 saturated heterocycles. The average Bonchev–Trinajstić information content (AvgIpc) is 2.95. The van der Waals surface area contributed by atoms with Crippen LogP contribution in [0.1, 0.15) is 60.9 Å². The maximum absolute atomic E-state index is 12.8. The Kier molecular flexibility index (Phi) is 4.45. The number of aromatic nitrogens is 4. The molecular formula is C17H23N5O2S. The Bertz CT molecular complexity index is 828. The molecule has 2 aromatic heterocycles. The monoisotopic (exact) mass is 361 g/mol. The second kappa shape index (κ2) is 6.74. The van der Waals surface area contributed by atoms with Crippen molar-refractivity contribution in [2.75, 3.05) is 11.1 Å². The molecule has 134 valence electrons. The fraction of sp³-hybridized carbons (Fsp3) is 0.588. The van der Waals surface area contributed by atoms with Gasteiger partial charge in [-0.25, -0.2) is 0 Å². The molecule has 1 aliphatic carbocycles. The molecule has 1 amide bonds. The molecule has 3 heterocycles. The molecule has 1 fully saturated rings. The van der Waals surface area contributed by atoms with Crippen LogP contribution < -0.4 is 10.9 Å². The number of aromatic amines is 1. The first-order valence-electron chi connectivity index (χ1n) is 8.88. The number of aryl methyl sites for hydroxylation is 1. The summed E-state index contributed by atoms with van der Waals surface area (Å²) in [6.45, 7) is 0. The van der Waals surface area contributed by atoms with E-state index >= 15 is 0 Å². The lowest BCUT2D eigenvalue weighted by atomic mass is 10.1. The van der Waals surface area contributed by atoms with Crippen molar-refractivity contribution in [2.45, 2.75) is 49.8 Å². The van der Waals surface area contributed by atoms with Crippen molar-refractivity contribution in [1.29, 1.82) is 0 Å². The number of hydrogen-bond acceptors (Lipinski definition) is 4. The number of rotatable bonds is 2. The molecule has 0 unspecified atom stereocenters. The molecule has 2 aliphatic rings. The maximum Gasteiger partial charge on any atom is 0.270 e. The number of hydrogen-bond donors (Lipinski definition) is 2. The number of carbonyl (C=O) groups excluding carboxylic acids is 1. The maximum atomic E-state index is 12.8. The van der Waals surface area contributed by atoms with Gasteiger partial charge in [-0.1, -0.05) is 25.7 Å². The summed E-state index contributed by atoms with van der Waals surface area (Å²) in [7, 11) is 1.86. The average molecular weight is 361 g/mol. The summed E-state index contributed by atoms with van der Waals surface area (Å²) < 4.78 is 3.66. The lowest BCUT2D eigenvalue weighted by Gasteiger charge is -2.19. The molecule has 1 aliphatic heterocycles. The second-order valence-corrected chi connectivity index (χ2v) is 8.00. The molecule has 25 heavy (non-hydrogen) atoms. The summed E-state index contributed by atoms with van der Waals surface area (Å²) in [4.78, 5) is 25.1. The van der Waals surface area contributed by atoms with Crippen LogP contribution in [0.5, 0.6) is 0 Å². The number of thioether (sulfide) groups is 1. The molecule has 7 nitrogen and oxygen atoms in total. The van der Waals surface area contributed by atoms with Crippen LogP contribution in [-0.4, -0.2) is 31.2 Å². The first-order valence-corrected chi connectivity index (χ1v) is 9.93. The molecule has 0 spiro atoms. The van der Waals surface area contributed by atoms with E-state index in [1.165, 1.54) is 24.6 Å². The summed E-state index contributed by atoms with van der Waals surface area (Å²) in [6, 6.07) is 0.247. The Morgan fingerprint density at radius 2 is 1.96 bits per heavy atom. The summed E-state index contributed by atoms with van der Waals surface area (Å²) in [6.07, 6.45) is 10.6. The largest absolute Gasteiger partial charge is 0.310 e. The van der Waals surface area contributed by atoms with Crippen LogP contribution in [0.3, 0.4) is 0 Å². The highest BCUT2D eigenvalue weighted by atomic mass is 32.2. The van der Waals surface area contributed by atoms with Crippen LogP contribution in [0, 0.1) is 0 Å². The lowest BCUT2D eigenvalue weighted by molar-refractivity contribution is -0.113. The molecule has 4 rings (SSSR count). The smallest absolute Gasteiger partial charge is 0.270 e. The van der Waals surface area contributed by atoms with E-state index in [0.717, 1.165) is 31.2 Å². The number of fused-ring (bicyclic) bond motifs is 1. The van der Waals surface area contributed by atoms with Crippen LogP contribution in [0.2, 0.25) is 0 Å². The van der Waals surface area contributed by atoms with Gasteiger partial charge in [0.2, 0.25) is 5.91 Å². The van der Waals surface area contributed by atoms with Gasteiger partial charge in [0.05, 0.1) is 28.8 Å². The molecule has 0 radical (unpaired) electrons. The van der Waals surface area contributed by atoms with Gasteiger partial charge in [0.25, 0.3) is 5.56 Å². The Labute approximate surface area is 150 Å². The zero-order chi connectivity index (χ0) is 17.4. The minimum Gasteiger partial charge on any atom is -0.310 e. The van der Waals surface area contributed by atoms with Crippen molar-refractivity contribution in [3.05, 3.63) is 33.9 Å². The van der Waals surface area contributed by atoms with Gasteiger partial charge in [-0.2, -0.15) is 5.10 Å². The molecule has 2 N–H and O–H groups in total. The summed E-state index contributed by atoms with van der Waals surface area (Å²) in [5.74, 6) is 0.929. The van der Waals surface area contributed by atoms with E-state index in [-0.39, 0.29) is 22.8 Å². The van der Waals surface area contributed by atoms with Crippen molar-refractivity contribution in [3.63, 3.8) is 0 Å². The number of nitrogens with zero attached hydrogens (tertiary/aromatic N) is 3. The van der Waals surface area contributed by atoms with E-state index in [4.69, 9.17) is 0 Å². The predicted octanol–water partition coefficient (Wildman–Crippen LogP) is 2.58. The third-order valence-electron chi connectivity index (χ3n) is 5.08. The normalized spacial score (nSPS) is 22.1. The zero-order valence-electron chi connectivity index (χ0n) is 14.3. The Morgan fingerprint density at radius 1 is 1.20 bits per heavy atom. The number of anilines is 1. The number of carbonyl (C=O) groups is 1. The summed E-state index contributed by atoms with van der Waals surface area (Å²) in [5.41, 5.74) is 1.49. The lowest BCUT2D eigenvalue weighted by Crippen LogP contribution is -2.19. The summed E-state index contributed by atoms with van der Waals surface area (Å²) >= 11 is 1.48. The van der Waals surface area contributed by atoms with Gasteiger partial charge in [0.15, 0.2) is 0 Å². The first kappa shape index (κ1) is 16.5. The van der Waals surface area contributed by atoms with Gasteiger partial charge in [-0.3, -0.25) is 24.1 Å². The molecule has 0 bridgehead atoms. The van der Waals surface area contributed by atoms with Gasteiger partial charge in [-0.15, -0.1) is 11.8 Å². The standard InChI is InChI=1S/C17H23N5O2S/c1-21-9-11(8-18-21)15-14-16(19-13(23)10-25-15)22(20-17(14)24)12-6-4-2-3-5-7-12/h8-9,12,15H,2-7,10H2,1H3,(H,19,23)(H,20,24)/t15-/m0/s1. The van der Waals surface area contributed by atoms with Crippen LogP contribution in [0.4, 0.5) is 5.82 Å². The second-order valence-electron chi connectivity index (χ2n) is 6.91. The topological polar surface area (TPSA) is 84.7 Å². The van der Waals surface area contributed by atoms with Gasteiger partial charge >= 0.3 is 0 Å². The van der Waals surface area contributed by atoms with Crippen molar-refractivity contribution in [3.8, 4) is 0 Å². The fourth-order valence-corrected chi connectivity index (χ4v) is 4.96. The van der Waals surface area contributed by atoms with Crippen LogP contribution in [-0.2, 0) is 11.8 Å². The van der Waals surface area contributed by atoms with Crippen molar-refractivity contribution < 1.29 is 4.79 Å². The molecule has 0 aromatic carbocycles. The highest BCUT2D eigenvalue weighted by Crippen LogP contribution is 2.41. The van der Waals surface area contributed by atoms with Crippen LogP contribution in [0.15, 0.2) is 17.2 Å². The minimum atomic E-state index is -0.182. The van der Waals surface area contributed by atoms with Crippen molar-refractivity contribution in [2.24, 2.45) is 7.05 Å². The first-order chi connectivity index (χ1) is 12.1. The quantitative estimate of drug-likeness (QED) is 0.805. The Morgan fingerprint density at radius 3 is 2.64 bits per heavy atom. The van der Waals surface area contributed by atoms with Crippen LogP contribution >= 0.6 is 11.8 Å². The fourth-order valence-electron chi connectivity index (χ4n) is 3.87. The Hall–Kier alpha value is -1.96. The molecule has 8 heteroatoms. The molecule has 1 atom stereocenters. The van der Waals surface area contributed by atoms with Crippen molar-refractivity contribution >= 4 is 23.5 Å². The van der Waals surface area contributed by atoms with Gasteiger partial charge < -0.3 is 5.32 Å². The summed E-state index contributed by atoms with van der Waals surface area (Å²) in [5, 5.41) is 10.0. The number of amides is 1. The Balaban J connectivity index is 1.80. The van der Waals surface area contributed by atoms with Crippen molar-refractivity contribution in [1.82, 2.24) is 19.6 Å². The number of H-pyrrole nitrogens is 1. The third kappa shape index (κ3) is 3.15. The zero-order valence-corrected chi connectivity index (χ0v) is 15.1. The van der Waals surface area contributed by atoms with E-state index in [9.17, 15) is 9.59 Å². The van der Waals surface area contributed by atoms with E-state index in [0.29, 0.717) is 17.1 Å².